The maximum absolute atomic E-state index is 12.2. The lowest BCUT2D eigenvalue weighted by molar-refractivity contribution is -0.127. The fourth-order valence-electron chi connectivity index (χ4n) is 2.66. The van der Waals surface area contributed by atoms with Gasteiger partial charge in [0.15, 0.2) is 0 Å². The number of methoxy groups -OCH3 is 2. The largest absolute Gasteiger partial charge is 0.497 e. The molecule has 2 aromatic carbocycles. The Labute approximate surface area is 159 Å². The van der Waals surface area contributed by atoms with Crippen molar-refractivity contribution in [1.29, 1.82) is 0 Å². The first-order valence-electron chi connectivity index (χ1n) is 8.78. The first-order chi connectivity index (χ1) is 13.1. The van der Waals surface area contributed by atoms with Gasteiger partial charge in [-0.1, -0.05) is 30.3 Å². The van der Waals surface area contributed by atoms with Crippen LogP contribution in [0.5, 0.6) is 11.5 Å². The molecule has 2 N–H and O–H groups in total. The highest BCUT2D eigenvalue weighted by Gasteiger charge is 2.51. The predicted molar refractivity (Wildman–Crippen MR) is 104 cm³/mol. The van der Waals surface area contributed by atoms with E-state index in [0.29, 0.717) is 0 Å². The predicted octanol–water partition coefficient (Wildman–Crippen LogP) is 2.28. The fraction of sp³-hybridized carbons (Fsp3) is 0.333. The van der Waals surface area contributed by atoms with Crippen molar-refractivity contribution in [1.82, 2.24) is 10.6 Å². The van der Waals surface area contributed by atoms with Crippen LogP contribution in [0.4, 0.5) is 0 Å². The highest BCUT2D eigenvalue weighted by atomic mass is 16.5. The number of carbonyl (C=O) groups excluding carboxylic acids is 2. The Bertz CT molecular complexity index is 741. The number of likely N-dealkylation sites (N-methyl/N-ethyl adjacent to an activating group) is 1. The zero-order valence-corrected chi connectivity index (χ0v) is 16.0. The lowest BCUT2D eigenvalue weighted by atomic mass is 9.95. The van der Waals surface area contributed by atoms with E-state index < -0.39 is 5.41 Å². The number of amides is 2. The van der Waals surface area contributed by atoms with E-state index in [-0.39, 0.29) is 18.4 Å². The zero-order valence-electron chi connectivity index (χ0n) is 16.0. The van der Waals surface area contributed by atoms with Crippen LogP contribution >= 0.6 is 0 Å². The van der Waals surface area contributed by atoms with Crippen molar-refractivity contribution in [3.8, 4) is 11.5 Å². The Hall–Kier alpha value is -3.02. The molecule has 144 valence electrons. The Morgan fingerprint density at radius 2 is 1.48 bits per heavy atom. The first-order valence-corrected chi connectivity index (χ1v) is 8.78. The van der Waals surface area contributed by atoms with Crippen LogP contribution in [0.1, 0.15) is 18.4 Å². The van der Waals surface area contributed by atoms with Gasteiger partial charge in [-0.15, -0.1) is 0 Å². The van der Waals surface area contributed by atoms with E-state index in [4.69, 9.17) is 9.47 Å². The van der Waals surface area contributed by atoms with Crippen LogP contribution in [-0.2, 0) is 15.0 Å². The lowest BCUT2D eigenvalue weighted by Gasteiger charge is -2.15. The van der Waals surface area contributed by atoms with Crippen molar-refractivity contribution >= 4 is 11.8 Å². The molecule has 0 atom stereocenters. The molecule has 0 unspecified atom stereocenters. The molecule has 0 radical (unpaired) electrons. The van der Waals surface area contributed by atoms with E-state index >= 15 is 0 Å². The fourth-order valence-corrected chi connectivity index (χ4v) is 2.66. The average Bonchev–Trinajstić information content (AvgIpc) is 3.55. The molecule has 0 aromatic heterocycles. The number of ether oxygens (including phenoxy) is 2. The maximum atomic E-state index is 12.2. The molecule has 1 aliphatic carbocycles. The van der Waals surface area contributed by atoms with Gasteiger partial charge in [-0.25, -0.2) is 0 Å². The quantitative estimate of drug-likeness (QED) is 0.818. The van der Waals surface area contributed by atoms with Crippen LogP contribution < -0.4 is 20.1 Å². The van der Waals surface area contributed by atoms with Crippen molar-refractivity contribution in [2.24, 2.45) is 0 Å². The zero-order chi connectivity index (χ0) is 19.7. The molecule has 0 saturated heterocycles. The average molecular weight is 370 g/mol. The molecule has 2 amide bonds. The Morgan fingerprint density at radius 1 is 0.926 bits per heavy atom. The summed E-state index contributed by atoms with van der Waals surface area (Å²) < 4.78 is 10.0. The number of benzene rings is 2. The standard InChI is InChI=1S/C14H18N2O3.C7H8O/c1-15-12(17)9-16-13(18)14(7-8-14)10-3-5-11(19-2)6-4-10;1-8-7-5-3-2-4-6-7/h3-6H,7-9H2,1-2H3,(H,15,17)(H,16,18);2-6H,1H3. The van der Waals surface area contributed by atoms with Gasteiger partial charge in [0.2, 0.25) is 11.8 Å². The summed E-state index contributed by atoms with van der Waals surface area (Å²) in [7, 11) is 4.82. The van der Waals surface area contributed by atoms with Crippen molar-refractivity contribution in [3.05, 3.63) is 60.2 Å². The molecular formula is C21H26N2O4. The van der Waals surface area contributed by atoms with Crippen LogP contribution in [-0.4, -0.2) is 39.6 Å². The van der Waals surface area contributed by atoms with Gasteiger partial charge in [0.1, 0.15) is 11.5 Å². The molecule has 3 rings (SSSR count). The molecule has 0 heterocycles. The van der Waals surface area contributed by atoms with E-state index in [0.717, 1.165) is 29.9 Å². The second kappa shape index (κ2) is 9.62. The van der Waals surface area contributed by atoms with Crippen molar-refractivity contribution < 1.29 is 19.1 Å². The molecule has 27 heavy (non-hydrogen) atoms. The SMILES string of the molecule is CNC(=O)CNC(=O)C1(c2ccc(OC)cc2)CC1.COc1ccccc1. The van der Waals surface area contributed by atoms with E-state index in [1.165, 1.54) is 0 Å². The molecule has 1 saturated carbocycles. The Morgan fingerprint density at radius 3 is 1.93 bits per heavy atom. The second-order valence-electron chi connectivity index (χ2n) is 6.18. The number of hydrogen-bond acceptors (Lipinski definition) is 4. The van der Waals surface area contributed by atoms with Gasteiger partial charge in [0.25, 0.3) is 0 Å². The molecule has 1 aliphatic rings. The minimum absolute atomic E-state index is 0.0211. The summed E-state index contributed by atoms with van der Waals surface area (Å²) in [6, 6.07) is 17.2. The highest BCUT2D eigenvalue weighted by Crippen LogP contribution is 2.48. The molecule has 6 nitrogen and oxygen atoms in total. The van der Waals surface area contributed by atoms with Crippen LogP contribution in [0.15, 0.2) is 54.6 Å². The van der Waals surface area contributed by atoms with Gasteiger partial charge in [0.05, 0.1) is 26.2 Å². The maximum Gasteiger partial charge on any atom is 0.239 e. The lowest BCUT2D eigenvalue weighted by Crippen LogP contribution is -2.40. The third-order valence-electron chi connectivity index (χ3n) is 4.49. The summed E-state index contributed by atoms with van der Waals surface area (Å²) in [5.41, 5.74) is 0.517. The molecular weight excluding hydrogens is 344 g/mol. The highest BCUT2D eigenvalue weighted by molar-refractivity contribution is 5.93. The molecule has 6 heteroatoms. The second-order valence-corrected chi connectivity index (χ2v) is 6.18. The number of nitrogens with one attached hydrogen (secondary N) is 2. The number of para-hydroxylation sites is 1. The number of carbonyl (C=O) groups is 2. The summed E-state index contributed by atoms with van der Waals surface area (Å²) in [5.74, 6) is 1.40. The summed E-state index contributed by atoms with van der Waals surface area (Å²) in [6.45, 7) is 0.0211. The van der Waals surface area contributed by atoms with Gasteiger partial charge in [0, 0.05) is 7.05 Å². The summed E-state index contributed by atoms with van der Waals surface area (Å²) in [5, 5.41) is 5.16. The molecule has 2 aromatic rings. The Kier molecular flexibility index (Phi) is 7.23. The Balaban J connectivity index is 0.000000273. The van der Waals surface area contributed by atoms with Crippen LogP contribution in [0.2, 0.25) is 0 Å². The van der Waals surface area contributed by atoms with Gasteiger partial charge < -0.3 is 20.1 Å². The minimum atomic E-state index is -0.458. The van der Waals surface area contributed by atoms with Gasteiger partial charge >= 0.3 is 0 Å². The molecule has 1 fully saturated rings. The molecule has 0 spiro atoms. The number of hydrogen-bond donors (Lipinski definition) is 2. The van der Waals surface area contributed by atoms with Crippen LogP contribution in [0.3, 0.4) is 0 Å². The van der Waals surface area contributed by atoms with E-state index in [1.807, 2.05) is 54.6 Å². The van der Waals surface area contributed by atoms with Gasteiger partial charge in [-0.3, -0.25) is 9.59 Å². The van der Waals surface area contributed by atoms with E-state index in [9.17, 15) is 9.59 Å². The monoisotopic (exact) mass is 370 g/mol. The van der Waals surface area contributed by atoms with Crippen LogP contribution in [0, 0.1) is 0 Å². The third-order valence-corrected chi connectivity index (χ3v) is 4.49. The van der Waals surface area contributed by atoms with Gasteiger partial charge in [-0.2, -0.15) is 0 Å². The van der Waals surface area contributed by atoms with Crippen molar-refractivity contribution in [3.63, 3.8) is 0 Å². The van der Waals surface area contributed by atoms with Crippen LogP contribution in [0.25, 0.3) is 0 Å². The van der Waals surface area contributed by atoms with Crippen molar-refractivity contribution in [2.45, 2.75) is 18.3 Å². The number of rotatable bonds is 6. The first kappa shape index (κ1) is 20.3. The summed E-state index contributed by atoms with van der Waals surface area (Å²) in [4.78, 5) is 23.3. The summed E-state index contributed by atoms with van der Waals surface area (Å²) in [6.07, 6.45) is 1.64. The van der Waals surface area contributed by atoms with Crippen molar-refractivity contribution in [2.75, 3.05) is 27.8 Å². The third kappa shape index (κ3) is 5.48. The molecule has 0 bridgehead atoms. The molecule has 0 aliphatic heterocycles. The van der Waals surface area contributed by atoms with Gasteiger partial charge in [-0.05, 0) is 42.7 Å². The minimum Gasteiger partial charge on any atom is -0.497 e. The summed E-state index contributed by atoms with van der Waals surface area (Å²) >= 11 is 0. The van der Waals surface area contributed by atoms with E-state index in [2.05, 4.69) is 10.6 Å². The topological polar surface area (TPSA) is 76.7 Å². The smallest absolute Gasteiger partial charge is 0.239 e. The normalized spacial score (nSPS) is 13.4. The van der Waals surface area contributed by atoms with E-state index in [1.54, 1.807) is 21.3 Å².